The molecule has 4 heteroatoms. The summed E-state index contributed by atoms with van der Waals surface area (Å²) in [5, 5.41) is 10.7. The van der Waals surface area contributed by atoms with Gasteiger partial charge in [0.05, 0.1) is 5.69 Å². The maximum Gasteiger partial charge on any atom is 0.119 e. The van der Waals surface area contributed by atoms with Crippen LogP contribution in [0.15, 0.2) is 73.7 Å². The van der Waals surface area contributed by atoms with Crippen molar-refractivity contribution >= 4 is 11.8 Å². The van der Waals surface area contributed by atoms with Gasteiger partial charge in [-0.05, 0) is 72.6 Å². The molecular weight excluding hydrogens is 430 g/mol. The van der Waals surface area contributed by atoms with Crippen molar-refractivity contribution in [1.82, 2.24) is 9.88 Å². The van der Waals surface area contributed by atoms with Crippen LogP contribution in [0.25, 0.3) is 6.08 Å². The van der Waals surface area contributed by atoms with Crippen LogP contribution >= 0.6 is 0 Å². The Bertz CT molecular complexity index is 1150. The molecule has 182 valence electrons. The number of nitrogens with zero attached hydrogens (tertiary/aromatic N) is 3. The van der Waals surface area contributed by atoms with E-state index in [1.807, 2.05) is 18.3 Å². The molecule has 0 unspecified atom stereocenters. The minimum Gasteiger partial charge on any atom is -0.508 e. The lowest BCUT2D eigenvalue weighted by Gasteiger charge is -2.42. The number of benzene rings is 1. The first-order chi connectivity index (χ1) is 17.0. The van der Waals surface area contributed by atoms with Crippen molar-refractivity contribution in [2.24, 2.45) is 5.92 Å². The van der Waals surface area contributed by atoms with Crippen LogP contribution in [0.5, 0.6) is 5.75 Å². The smallest absolute Gasteiger partial charge is 0.119 e. The number of aromatic hydroxyl groups is 1. The molecular formula is C31H37N3O. The highest BCUT2D eigenvalue weighted by Crippen LogP contribution is 2.38. The highest BCUT2D eigenvalue weighted by molar-refractivity contribution is 5.76. The van der Waals surface area contributed by atoms with Crippen molar-refractivity contribution in [3.63, 3.8) is 0 Å². The van der Waals surface area contributed by atoms with Gasteiger partial charge in [-0.25, -0.2) is 0 Å². The summed E-state index contributed by atoms with van der Waals surface area (Å²) in [6.07, 6.45) is 16.0. The van der Waals surface area contributed by atoms with Gasteiger partial charge in [0.2, 0.25) is 0 Å². The molecule has 2 fully saturated rings. The number of rotatable bonds is 8. The van der Waals surface area contributed by atoms with Gasteiger partial charge < -0.3 is 14.9 Å². The SMILES string of the molecule is C=CC(=C)N1CC(CCN2C(=C)C=Cc3cnc(Cc4ccc(C5CCCCC5)c(O)c4)cc32)C1. The number of hydrogen-bond donors (Lipinski definition) is 1. The number of allylic oxidation sites excluding steroid dienone is 2. The zero-order valence-electron chi connectivity index (χ0n) is 20.8. The first-order valence-electron chi connectivity index (χ1n) is 13.0. The van der Waals surface area contributed by atoms with Crippen LogP contribution in [0.1, 0.15) is 66.8 Å². The third-order valence-corrected chi connectivity index (χ3v) is 7.95. The van der Waals surface area contributed by atoms with Gasteiger partial charge in [-0.2, -0.15) is 0 Å². The molecule has 1 saturated carbocycles. The van der Waals surface area contributed by atoms with E-state index < -0.39 is 0 Å². The van der Waals surface area contributed by atoms with Crippen LogP contribution in [-0.4, -0.2) is 34.6 Å². The number of hydrogen-bond acceptors (Lipinski definition) is 4. The van der Waals surface area contributed by atoms with E-state index in [2.05, 4.69) is 59.9 Å². The molecule has 2 aromatic rings. The van der Waals surface area contributed by atoms with Crippen molar-refractivity contribution in [3.05, 3.63) is 96.1 Å². The topological polar surface area (TPSA) is 39.6 Å². The Hall–Kier alpha value is -3.27. The Morgan fingerprint density at radius 2 is 1.91 bits per heavy atom. The highest BCUT2D eigenvalue weighted by Gasteiger charge is 2.28. The van der Waals surface area contributed by atoms with E-state index in [9.17, 15) is 5.11 Å². The monoisotopic (exact) mass is 467 g/mol. The van der Waals surface area contributed by atoms with Crippen LogP contribution in [0, 0.1) is 5.92 Å². The van der Waals surface area contributed by atoms with Gasteiger partial charge in [0.15, 0.2) is 0 Å². The number of likely N-dealkylation sites (tertiary alicyclic amines) is 1. The third kappa shape index (κ3) is 5.07. The van der Waals surface area contributed by atoms with Gasteiger partial charge in [0, 0.05) is 54.9 Å². The molecule has 0 spiro atoms. The Morgan fingerprint density at radius 1 is 1.11 bits per heavy atom. The fraction of sp³-hybridized carbons (Fsp3) is 0.387. The Balaban J connectivity index is 1.27. The van der Waals surface area contributed by atoms with Crippen molar-refractivity contribution < 1.29 is 5.11 Å². The molecule has 0 amide bonds. The summed E-state index contributed by atoms with van der Waals surface area (Å²) in [5.74, 6) is 1.61. The fourth-order valence-corrected chi connectivity index (χ4v) is 5.75. The minimum absolute atomic E-state index is 0.443. The summed E-state index contributed by atoms with van der Waals surface area (Å²) in [4.78, 5) is 9.35. The summed E-state index contributed by atoms with van der Waals surface area (Å²) >= 11 is 0. The molecule has 5 rings (SSSR count). The molecule has 1 N–H and O–H groups in total. The minimum atomic E-state index is 0.443. The normalized spacial score (nSPS) is 18.3. The van der Waals surface area contributed by atoms with Crippen LogP contribution in [-0.2, 0) is 6.42 Å². The summed E-state index contributed by atoms with van der Waals surface area (Å²) in [7, 11) is 0. The molecule has 1 aromatic heterocycles. The lowest BCUT2D eigenvalue weighted by atomic mass is 9.83. The van der Waals surface area contributed by atoms with Gasteiger partial charge >= 0.3 is 0 Å². The Morgan fingerprint density at radius 3 is 2.66 bits per heavy atom. The van der Waals surface area contributed by atoms with Crippen molar-refractivity contribution in [1.29, 1.82) is 0 Å². The highest BCUT2D eigenvalue weighted by atomic mass is 16.3. The van der Waals surface area contributed by atoms with Gasteiger partial charge in [-0.15, -0.1) is 0 Å². The first kappa shape index (κ1) is 23.5. The first-order valence-corrected chi connectivity index (χ1v) is 13.0. The van der Waals surface area contributed by atoms with Crippen LogP contribution in [0.4, 0.5) is 5.69 Å². The van der Waals surface area contributed by atoms with E-state index in [4.69, 9.17) is 4.98 Å². The number of anilines is 1. The summed E-state index contributed by atoms with van der Waals surface area (Å²) < 4.78 is 0. The zero-order valence-corrected chi connectivity index (χ0v) is 20.8. The molecule has 1 aliphatic carbocycles. The predicted octanol–water partition coefficient (Wildman–Crippen LogP) is 6.79. The Kier molecular flexibility index (Phi) is 6.81. The van der Waals surface area contributed by atoms with E-state index in [1.165, 1.54) is 37.8 Å². The molecule has 0 radical (unpaired) electrons. The molecule has 4 nitrogen and oxygen atoms in total. The second-order valence-electron chi connectivity index (χ2n) is 10.4. The quantitative estimate of drug-likeness (QED) is 0.434. The molecule has 3 aliphatic rings. The van der Waals surface area contributed by atoms with Crippen molar-refractivity contribution in [3.8, 4) is 5.75 Å². The fourth-order valence-electron chi connectivity index (χ4n) is 5.75. The molecule has 0 bridgehead atoms. The number of pyridine rings is 1. The van der Waals surface area contributed by atoms with E-state index in [0.29, 0.717) is 24.0 Å². The van der Waals surface area contributed by atoms with Crippen LogP contribution in [0.3, 0.4) is 0 Å². The van der Waals surface area contributed by atoms with Gasteiger partial charge in [0.1, 0.15) is 5.75 Å². The van der Waals surface area contributed by atoms with Gasteiger partial charge in [-0.1, -0.05) is 51.1 Å². The number of phenols is 1. The number of aromatic nitrogens is 1. The van der Waals surface area contributed by atoms with E-state index in [-0.39, 0.29) is 0 Å². The third-order valence-electron chi connectivity index (χ3n) is 7.95. The number of phenolic OH excluding ortho intramolecular Hbond substituents is 1. The van der Waals surface area contributed by atoms with Crippen LogP contribution in [0.2, 0.25) is 0 Å². The van der Waals surface area contributed by atoms with Gasteiger partial charge in [0.25, 0.3) is 0 Å². The van der Waals surface area contributed by atoms with E-state index >= 15 is 0 Å². The standard InChI is InChI=1S/C31H37N3O/c1-4-22(2)33-20-25(21-33)14-15-34-23(3)10-12-27-19-32-28(18-30(27)34)16-24-11-13-29(31(35)17-24)26-8-6-5-7-9-26/h4,10-13,17-19,25-26,35H,1-3,5-9,14-16,20-21H2. The zero-order chi connectivity index (χ0) is 24.4. The lowest BCUT2D eigenvalue weighted by Crippen LogP contribution is -2.46. The van der Waals surface area contributed by atoms with Crippen molar-refractivity contribution in [2.45, 2.75) is 50.9 Å². The molecule has 2 aliphatic heterocycles. The van der Waals surface area contributed by atoms with E-state index in [1.54, 1.807) is 0 Å². The van der Waals surface area contributed by atoms with E-state index in [0.717, 1.165) is 59.8 Å². The molecule has 1 saturated heterocycles. The summed E-state index contributed by atoms with van der Waals surface area (Å²) in [5.41, 5.74) is 7.58. The summed E-state index contributed by atoms with van der Waals surface area (Å²) in [6, 6.07) is 8.45. The maximum absolute atomic E-state index is 10.7. The number of fused-ring (bicyclic) bond motifs is 1. The Labute approximate surface area is 210 Å². The van der Waals surface area contributed by atoms with Gasteiger partial charge in [-0.3, -0.25) is 4.98 Å². The maximum atomic E-state index is 10.7. The van der Waals surface area contributed by atoms with Crippen molar-refractivity contribution in [2.75, 3.05) is 24.5 Å². The van der Waals surface area contributed by atoms with Crippen LogP contribution < -0.4 is 4.90 Å². The lowest BCUT2D eigenvalue weighted by molar-refractivity contribution is 0.143. The second-order valence-corrected chi connectivity index (χ2v) is 10.4. The molecule has 3 heterocycles. The molecule has 0 atom stereocenters. The predicted molar refractivity (Wildman–Crippen MR) is 146 cm³/mol. The summed E-state index contributed by atoms with van der Waals surface area (Å²) in [6.45, 7) is 15.2. The second kappa shape index (κ2) is 10.2. The average Bonchev–Trinajstić information content (AvgIpc) is 2.84. The molecule has 1 aromatic carbocycles. The average molecular weight is 468 g/mol. The molecule has 35 heavy (non-hydrogen) atoms. The largest absolute Gasteiger partial charge is 0.508 e.